The van der Waals surface area contributed by atoms with Crippen molar-refractivity contribution in [2.24, 2.45) is 0 Å². The maximum absolute atomic E-state index is 14.1. The van der Waals surface area contributed by atoms with E-state index in [1.807, 2.05) is 86.6 Å². The van der Waals surface area contributed by atoms with Crippen LogP contribution in [0.1, 0.15) is 67.2 Å². The van der Waals surface area contributed by atoms with Gasteiger partial charge in [0.25, 0.3) is 0 Å². The molecular weight excluding hydrogens is 558 g/mol. The summed E-state index contributed by atoms with van der Waals surface area (Å²) in [6, 6.07) is 24.5. The van der Waals surface area contributed by atoms with Crippen molar-refractivity contribution in [1.82, 2.24) is 10.2 Å². The summed E-state index contributed by atoms with van der Waals surface area (Å²) in [6.07, 6.45) is 7.31. The van der Waals surface area contributed by atoms with Crippen LogP contribution in [0.5, 0.6) is 0 Å². The highest BCUT2D eigenvalue weighted by Crippen LogP contribution is 2.23. The molecule has 0 heterocycles. The summed E-state index contributed by atoms with van der Waals surface area (Å²) in [4.78, 5) is 29.8. The van der Waals surface area contributed by atoms with Gasteiger partial charge in [-0.1, -0.05) is 86.0 Å². The third kappa shape index (κ3) is 9.42. The number of nitrogens with one attached hydrogen (secondary N) is 1. The second-order valence-corrected chi connectivity index (χ2v) is 13.7. The molecule has 0 spiro atoms. The van der Waals surface area contributed by atoms with Crippen molar-refractivity contribution in [2.45, 2.75) is 83.8 Å². The molecule has 1 saturated carbocycles. The molecule has 8 heteroatoms. The van der Waals surface area contributed by atoms with Gasteiger partial charge in [-0.15, -0.1) is 0 Å². The number of hydrogen-bond donors (Lipinski definition) is 1. The molecular formula is C35H45N3O4S. The molecule has 1 aliphatic rings. The Bertz CT molecular complexity index is 1470. The van der Waals surface area contributed by atoms with Crippen molar-refractivity contribution in [1.29, 1.82) is 0 Å². The first-order valence-electron chi connectivity index (χ1n) is 15.3. The summed E-state index contributed by atoms with van der Waals surface area (Å²) in [5.74, 6) is -0.295. The number of anilines is 1. The summed E-state index contributed by atoms with van der Waals surface area (Å²) in [5, 5.41) is 3.28. The molecule has 1 atom stereocenters. The van der Waals surface area contributed by atoms with Gasteiger partial charge in [0.1, 0.15) is 6.04 Å². The molecule has 43 heavy (non-hydrogen) atoms. The average molecular weight is 604 g/mol. The standard InChI is InChI=1S/C35H45N3O4S/c1-27-14-12-21-32(24-27)38(43(3,41)42)23-13-22-34(39)37(26-30-18-11-10-15-28(30)2)33(25-29-16-6-4-7-17-29)35(40)36-31-19-8-5-9-20-31/h4,6-7,10-12,14-18,21,24,31,33H,5,8-9,13,19-20,22-23,25-26H2,1-3H3,(H,36,40). The van der Waals surface area contributed by atoms with E-state index in [1.165, 1.54) is 17.0 Å². The molecule has 2 amide bonds. The predicted octanol–water partition coefficient (Wildman–Crippen LogP) is 5.94. The van der Waals surface area contributed by atoms with Crippen LogP contribution in [0.25, 0.3) is 0 Å². The van der Waals surface area contributed by atoms with Crippen LogP contribution in [0, 0.1) is 13.8 Å². The first kappa shape index (κ1) is 32.3. The van der Waals surface area contributed by atoms with E-state index in [9.17, 15) is 18.0 Å². The number of carbonyl (C=O) groups is 2. The van der Waals surface area contributed by atoms with Crippen LogP contribution in [0.15, 0.2) is 78.9 Å². The van der Waals surface area contributed by atoms with Gasteiger partial charge in [0.15, 0.2) is 0 Å². The molecule has 0 bridgehead atoms. The van der Waals surface area contributed by atoms with E-state index in [0.717, 1.165) is 47.9 Å². The highest BCUT2D eigenvalue weighted by atomic mass is 32.2. The smallest absolute Gasteiger partial charge is 0.243 e. The van der Waals surface area contributed by atoms with E-state index in [0.29, 0.717) is 25.1 Å². The quantitative estimate of drug-likeness (QED) is 0.262. The lowest BCUT2D eigenvalue weighted by molar-refractivity contribution is -0.141. The van der Waals surface area contributed by atoms with Gasteiger partial charge in [-0.2, -0.15) is 0 Å². The number of amides is 2. The van der Waals surface area contributed by atoms with Crippen LogP contribution < -0.4 is 9.62 Å². The molecule has 1 unspecified atom stereocenters. The molecule has 0 aromatic heterocycles. The van der Waals surface area contributed by atoms with Gasteiger partial charge in [-0.25, -0.2) is 8.42 Å². The maximum Gasteiger partial charge on any atom is 0.243 e. The number of rotatable bonds is 13. The summed E-state index contributed by atoms with van der Waals surface area (Å²) in [7, 11) is -3.55. The molecule has 7 nitrogen and oxygen atoms in total. The van der Waals surface area contributed by atoms with Crippen LogP contribution in [-0.4, -0.2) is 50.0 Å². The highest BCUT2D eigenvalue weighted by molar-refractivity contribution is 7.92. The van der Waals surface area contributed by atoms with Gasteiger partial charge < -0.3 is 10.2 Å². The zero-order valence-electron chi connectivity index (χ0n) is 25.7. The van der Waals surface area contributed by atoms with Crippen molar-refractivity contribution in [3.05, 3.63) is 101 Å². The lowest BCUT2D eigenvalue weighted by atomic mass is 9.94. The predicted molar refractivity (Wildman–Crippen MR) is 173 cm³/mol. The minimum absolute atomic E-state index is 0.117. The lowest BCUT2D eigenvalue weighted by Gasteiger charge is -2.34. The highest BCUT2D eigenvalue weighted by Gasteiger charge is 2.32. The molecule has 0 saturated heterocycles. The fourth-order valence-corrected chi connectivity index (χ4v) is 6.81. The Balaban J connectivity index is 1.60. The Morgan fingerprint density at radius 1 is 0.907 bits per heavy atom. The average Bonchev–Trinajstić information content (AvgIpc) is 2.98. The lowest BCUT2D eigenvalue weighted by Crippen LogP contribution is -2.53. The fraction of sp³-hybridized carbons (Fsp3) is 0.429. The van der Waals surface area contributed by atoms with Crippen molar-refractivity contribution < 1.29 is 18.0 Å². The Labute approximate surface area is 257 Å². The zero-order chi connectivity index (χ0) is 30.8. The molecule has 0 aliphatic heterocycles. The fourth-order valence-electron chi connectivity index (χ4n) is 5.86. The number of sulfonamides is 1. The normalized spacial score (nSPS) is 14.6. The van der Waals surface area contributed by atoms with Gasteiger partial charge >= 0.3 is 0 Å². The first-order valence-corrected chi connectivity index (χ1v) is 17.2. The number of benzene rings is 3. The largest absolute Gasteiger partial charge is 0.352 e. The van der Waals surface area contributed by atoms with E-state index >= 15 is 0 Å². The molecule has 1 aliphatic carbocycles. The first-order chi connectivity index (χ1) is 20.6. The van der Waals surface area contributed by atoms with Gasteiger partial charge in [-0.05, 0) is 67.5 Å². The number of hydrogen-bond acceptors (Lipinski definition) is 4. The Hall–Kier alpha value is -3.65. The van der Waals surface area contributed by atoms with Gasteiger partial charge in [0.05, 0.1) is 11.9 Å². The van der Waals surface area contributed by atoms with Crippen molar-refractivity contribution >= 4 is 27.5 Å². The third-order valence-electron chi connectivity index (χ3n) is 8.27. The van der Waals surface area contributed by atoms with Crippen LogP contribution in [0.4, 0.5) is 5.69 Å². The minimum atomic E-state index is -3.55. The number of nitrogens with zero attached hydrogens (tertiary/aromatic N) is 2. The molecule has 4 rings (SSSR count). The van der Waals surface area contributed by atoms with E-state index < -0.39 is 16.1 Å². The summed E-state index contributed by atoms with van der Waals surface area (Å²) in [5.41, 5.74) is 4.56. The summed E-state index contributed by atoms with van der Waals surface area (Å²) >= 11 is 0. The summed E-state index contributed by atoms with van der Waals surface area (Å²) < 4.78 is 26.8. The molecule has 0 radical (unpaired) electrons. The molecule has 1 fully saturated rings. The van der Waals surface area contributed by atoms with Crippen LogP contribution in [-0.2, 0) is 32.6 Å². The van der Waals surface area contributed by atoms with Gasteiger partial charge in [0, 0.05) is 32.0 Å². The molecule has 3 aromatic rings. The van der Waals surface area contributed by atoms with E-state index in [4.69, 9.17) is 0 Å². The SMILES string of the molecule is Cc1cccc(N(CCCC(=O)N(Cc2ccccc2C)C(Cc2ccccc2)C(=O)NC2CCCCC2)S(C)(=O)=O)c1. The summed E-state index contributed by atoms with van der Waals surface area (Å²) in [6.45, 7) is 4.40. The van der Waals surface area contributed by atoms with Crippen molar-refractivity contribution in [3.8, 4) is 0 Å². The Morgan fingerprint density at radius 3 is 2.28 bits per heavy atom. The second-order valence-electron chi connectivity index (χ2n) is 11.8. The number of carbonyl (C=O) groups excluding carboxylic acids is 2. The van der Waals surface area contributed by atoms with E-state index in [2.05, 4.69) is 5.32 Å². The minimum Gasteiger partial charge on any atom is -0.352 e. The van der Waals surface area contributed by atoms with Crippen molar-refractivity contribution in [3.63, 3.8) is 0 Å². The monoisotopic (exact) mass is 603 g/mol. The van der Waals surface area contributed by atoms with E-state index in [-0.39, 0.29) is 30.8 Å². The zero-order valence-corrected chi connectivity index (χ0v) is 26.5. The van der Waals surface area contributed by atoms with Crippen molar-refractivity contribution in [2.75, 3.05) is 17.1 Å². The molecule has 1 N–H and O–H groups in total. The van der Waals surface area contributed by atoms with Crippen LogP contribution in [0.2, 0.25) is 0 Å². The maximum atomic E-state index is 14.1. The number of aryl methyl sites for hydroxylation is 2. The second kappa shape index (κ2) is 15.2. The Kier molecular flexibility index (Phi) is 11.4. The Morgan fingerprint density at radius 2 is 1.60 bits per heavy atom. The third-order valence-corrected chi connectivity index (χ3v) is 9.46. The van der Waals surface area contributed by atoms with Gasteiger partial charge in [-0.3, -0.25) is 13.9 Å². The van der Waals surface area contributed by atoms with Gasteiger partial charge in [0.2, 0.25) is 21.8 Å². The topological polar surface area (TPSA) is 86.8 Å². The molecule has 230 valence electrons. The van der Waals surface area contributed by atoms with Crippen LogP contribution in [0.3, 0.4) is 0 Å². The van der Waals surface area contributed by atoms with E-state index in [1.54, 1.807) is 11.0 Å². The van der Waals surface area contributed by atoms with Crippen LogP contribution >= 0.6 is 0 Å². The molecule has 3 aromatic carbocycles.